The molecule has 0 amide bonds. The largest absolute Gasteiger partial charge is 0.210 e. The third-order valence-corrected chi connectivity index (χ3v) is 2.70. The first-order valence-electron chi connectivity index (χ1n) is 6.17. The zero-order chi connectivity index (χ0) is 10.6. The lowest BCUT2D eigenvalue weighted by molar-refractivity contribution is 0.531. The van der Waals surface area contributed by atoms with Gasteiger partial charge >= 0.3 is 0 Å². The summed E-state index contributed by atoms with van der Waals surface area (Å²) >= 11 is 0. The number of hydrogen-bond acceptors (Lipinski definition) is 2. The van der Waals surface area contributed by atoms with E-state index in [2.05, 4.69) is 12.0 Å². The van der Waals surface area contributed by atoms with E-state index in [9.17, 15) is 0 Å². The van der Waals surface area contributed by atoms with Crippen molar-refractivity contribution in [2.75, 3.05) is 0 Å². The van der Waals surface area contributed by atoms with Crippen LogP contribution >= 0.6 is 0 Å². The van der Waals surface area contributed by atoms with Crippen molar-refractivity contribution in [3.63, 3.8) is 0 Å². The highest BCUT2D eigenvalue weighted by Gasteiger charge is 1.97. The molecular weight excluding hydrogens is 172 g/mol. The molecule has 0 saturated heterocycles. The smallest absolute Gasteiger partial charge is 0.0677 e. The minimum atomic E-state index is 0.245. The Balaban J connectivity index is 2.95. The predicted molar refractivity (Wildman–Crippen MR) is 61.8 cm³/mol. The highest BCUT2D eigenvalue weighted by molar-refractivity contribution is 4.55. The van der Waals surface area contributed by atoms with Crippen molar-refractivity contribution in [1.29, 1.82) is 5.53 Å². The zero-order valence-corrected chi connectivity index (χ0v) is 9.89. The molecule has 14 heavy (non-hydrogen) atoms. The van der Waals surface area contributed by atoms with Gasteiger partial charge in [-0.25, -0.2) is 5.53 Å². The first-order chi connectivity index (χ1) is 6.81. The van der Waals surface area contributed by atoms with Gasteiger partial charge in [0.2, 0.25) is 0 Å². The molecule has 2 heteroatoms. The molecule has 2 nitrogen and oxygen atoms in total. The maximum atomic E-state index is 6.83. The molecular formula is C12H26N2. The summed E-state index contributed by atoms with van der Waals surface area (Å²) in [7, 11) is 0. The van der Waals surface area contributed by atoms with Crippen molar-refractivity contribution in [2.45, 2.75) is 77.7 Å². The van der Waals surface area contributed by atoms with Gasteiger partial charge in [-0.1, -0.05) is 58.3 Å². The van der Waals surface area contributed by atoms with Crippen molar-refractivity contribution in [2.24, 2.45) is 5.11 Å². The van der Waals surface area contributed by atoms with Crippen molar-refractivity contribution in [1.82, 2.24) is 0 Å². The molecule has 84 valence electrons. The quantitative estimate of drug-likeness (QED) is 0.381. The van der Waals surface area contributed by atoms with Gasteiger partial charge in [-0.15, -0.1) is 0 Å². The molecule has 0 aliphatic carbocycles. The normalized spacial score (nSPS) is 12.7. The number of rotatable bonds is 10. The Kier molecular flexibility index (Phi) is 10.4. The van der Waals surface area contributed by atoms with E-state index < -0.39 is 0 Å². The summed E-state index contributed by atoms with van der Waals surface area (Å²) in [5, 5.41) is 3.50. The predicted octanol–water partition coefficient (Wildman–Crippen LogP) is 4.94. The van der Waals surface area contributed by atoms with Crippen LogP contribution in [-0.2, 0) is 0 Å². The molecule has 0 aliphatic rings. The molecule has 1 unspecified atom stereocenters. The Bertz CT molecular complexity index is 123. The zero-order valence-electron chi connectivity index (χ0n) is 9.89. The highest BCUT2D eigenvalue weighted by atomic mass is 15.0. The molecule has 0 rings (SSSR count). The van der Waals surface area contributed by atoms with Gasteiger partial charge < -0.3 is 0 Å². The first kappa shape index (κ1) is 13.6. The topological polar surface area (TPSA) is 36.2 Å². The van der Waals surface area contributed by atoms with E-state index in [-0.39, 0.29) is 6.04 Å². The second kappa shape index (κ2) is 10.7. The molecule has 0 aromatic carbocycles. The fourth-order valence-electron chi connectivity index (χ4n) is 1.64. The average molecular weight is 198 g/mol. The van der Waals surface area contributed by atoms with Crippen LogP contribution in [0.4, 0.5) is 0 Å². The van der Waals surface area contributed by atoms with Gasteiger partial charge in [0, 0.05) is 0 Å². The fourth-order valence-corrected chi connectivity index (χ4v) is 1.64. The van der Waals surface area contributed by atoms with E-state index in [1.165, 1.54) is 51.4 Å². The standard InChI is InChI=1S/C12H26N2/c1-3-4-5-6-7-8-9-10-11-12(2)14-13/h12-13H,3-11H2,1-2H3. The number of nitrogens with zero attached hydrogens (tertiary/aromatic N) is 1. The van der Waals surface area contributed by atoms with Crippen LogP contribution in [0.2, 0.25) is 0 Å². The molecule has 0 heterocycles. The third-order valence-electron chi connectivity index (χ3n) is 2.70. The lowest BCUT2D eigenvalue weighted by Gasteiger charge is -2.03. The molecule has 1 atom stereocenters. The number of hydrogen-bond donors (Lipinski definition) is 1. The summed E-state index contributed by atoms with van der Waals surface area (Å²) in [5.41, 5.74) is 6.83. The van der Waals surface area contributed by atoms with Gasteiger partial charge in [0.1, 0.15) is 0 Å². The second-order valence-electron chi connectivity index (χ2n) is 4.24. The Morgan fingerprint density at radius 1 is 0.929 bits per heavy atom. The molecule has 1 N–H and O–H groups in total. The highest BCUT2D eigenvalue weighted by Crippen LogP contribution is 2.11. The molecule has 0 spiro atoms. The molecule has 0 aromatic heterocycles. The Morgan fingerprint density at radius 2 is 1.43 bits per heavy atom. The molecule has 0 saturated carbocycles. The molecule has 0 bridgehead atoms. The maximum absolute atomic E-state index is 6.83. The lowest BCUT2D eigenvalue weighted by atomic mass is 10.1. The van der Waals surface area contributed by atoms with Crippen molar-refractivity contribution >= 4 is 0 Å². The van der Waals surface area contributed by atoms with Gasteiger partial charge in [0.15, 0.2) is 0 Å². The van der Waals surface area contributed by atoms with Gasteiger partial charge in [0.05, 0.1) is 6.04 Å². The summed E-state index contributed by atoms with van der Waals surface area (Å²) in [6.07, 6.45) is 12.0. The van der Waals surface area contributed by atoms with E-state index in [1.54, 1.807) is 0 Å². The lowest BCUT2D eigenvalue weighted by Crippen LogP contribution is -1.95. The summed E-state index contributed by atoms with van der Waals surface area (Å²) in [4.78, 5) is 0. The van der Waals surface area contributed by atoms with Crippen molar-refractivity contribution in [3.05, 3.63) is 0 Å². The summed E-state index contributed by atoms with van der Waals surface area (Å²) in [5.74, 6) is 0. The van der Waals surface area contributed by atoms with Crippen molar-refractivity contribution < 1.29 is 0 Å². The van der Waals surface area contributed by atoms with E-state index in [4.69, 9.17) is 5.53 Å². The number of nitrogens with one attached hydrogen (secondary N) is 1. The van der Waals surface area contributed by atoms with Gasteiger partial charge in [0.25, 0.3) is 0 Å². The molecule has 0 aliphatic heterocycles. The van der Waals surface area contributed by atoms with E-state index >= 15 is 0 Å². The summed E-state index contributed by atoms with van der Waals surface area (Å²) in [6.45, 7) is 4.28. The molecule has 0 aromatic rings. The molecule has 0 fully saturated rings. The third kappa shape index (κ3) is 9.69. The van der Waals surface area contributed by atoms with Crippen LogP contribution in [-0.4, -0.2) is 6.04 Å². The Hall–Kier alpha value is -0.400. The van der Waals surface area contributed by atoms with Crippen LogP contribution in [0, 0.1) is 5.53 Å². The minimum Gasteiger partial charge on any atom is -0.210 e. The van der Waals surface area contributed by atoms with Crippen LogP contribution in [0.15, 0.2) is 5.11 Å². The summed E-state index contributed by atoms with van der Waals surface area (Å²) in [6, 6.07) is 0.245. The average Bonchev–Trinajstić information content (AvgIpc) is 2.21. The van der Waals surface area contributed by atoms with Crippen LogP contribution in [0.1, 0.15) is 71.6 Å². The molecule has 0 radical (unpaired) electrons. The van der Waals surface area contributed by atoms with E-state index in [1.807, 2.05) is 6.92 Å². The van der Waals surface area contributed by atoms with Crippen LogP contribution in [0.3, 0.4) is 0 Å². The number of unbranched alkanes of at least 4 members (excludes halogenated alkanes) is 7. The Morgan fingerprint density at radius 3 is 1.93 bits per heavy atom. The Labute approximate surface area is 89.0 Å². The second-order valence-corrected chi connectivity index (χ2v) is 4.24. The van der Waals surface area contributed by atoms with E-state index in [0.717, 1.165) is 6.42 Å². The fraction of sp³-hybridized carbons (Fsp3) is 1.00. The SMILES string of the molecule is CCCCCCCCCCC(C)N=N. The van der Waals surface area contributed by atoms with Gasteiger partial charge in [-0.2, -0.15) is 5.11 Å². The maximum Gasteiger partial charge on any atom is 0.0677 e. The van der Waals surface area contributed by atoms with Gasteiger partial charge in [-0.05, 0) is 13.3 Å². The summed E-state index contributed by atoms with van der Waals surface area (Å²) < 4.78 is 0. The minimum absolute atomic E-state index is 0.245. The first-order valence-corrected chi connectivity index (χ1v) is 6.17. The van der Waals surface area contributed by atoms with Crippen molar-refractivity contribution in [3.8, 4) is 0 Å². The van der Waals surface area contributed by atoms with E-state index in [0.29, 0.717) is 0 Å². The van der Waals surface area contributed by atoms with Crippen LogP contribution < -0.4 is 0 Å². The van der Waals surface area contributed by atoms with Gasteiger partial charge in [-0.3, -0.25) is 0 Å². The van der Waals surface area contributed by atoms with Crippen LogP contribution in [0.25, 0.3) is 0 Å². The van der Waals surface area contributed by atoms with Crippen LogP contribution in [0.5, 0.6) is 0 Å². The monoisotopic (exact) mass is 198 g/mol.